The summed E-state index contributed by atoms with van der Waals surface area (Å²) in [6.07, 6.45) is 2.43. The average molecular weight is 529 g/mol. The molecular weight excluding hydrogens is 499 g/mol. The number of amides is 1. The number of carbonyl (C=O) groups is 2. The molecule has 1 saturated heterocycles. The number of likely N-dealkylation sites (tertiary alicyclic amines) is 1. The van der Waals surface area contributed by atoms with Crippen LogP contribution in [0.3, 0.4) is 0 Å². The molecule has 2 aromatic carbocycles. The van der Waals surface area contributed by atoms with E-state index in [9.17, 15) is 20.0 Å². The van der Waals surface area contributed by atoms with E-state index in [0.29, 0.717) is 29.5 Å². The summed E-state index contributed by atoms with van der Waals surface area (Å²) in [6, 6.07) is 16.7. The number of piperidine rings is 1. The van der Waals surface area contributed by atoms with Crippen LogP contribution in [0, 0.1) is 22.7 Å². The lowest BCUT2D eigenvalue weighted by atomic mass is 9.74. The van der Waals surface area contributed by atoms with Gasteiger partial charge in [0.1, 0.15) is 0 Å². The molecule has 2 fully saturated rings. The van der Waals surface area contributed by atoms with E-state index >= 15 is 0 Å². The molecule has 1 saturated carbocycles. The van der Waals surface area contributed by atoms with Gasteiger partial charge >= 0.3 is 5.97 Å². The molecule has 6 nitrogen and oxygen atoms in total. The van der Waals surface area contributed by atoms with Crippen molar-refractivity contribution in [2.45, 2.75) is 57.0 Å². The van der Waals surface area contributed by atoms with E-state index < -0.39 is 17.3 Å². The van der Waals surface area contributed by atoms with Crippen molar-refractivity contribution in [1.29, 1.82) is 5.26 Å². The Morgan fingerprint density at radius 2 is 1.92 bits per heavy atom. The Morgan fingerprint density at radius 1 is 1.19 bits per heavy atom. The smallest absolute Gasteiger partial charge is 0.304 e. The van der Waals surface area contributed by atoms with E-state index in [2.05, 4.69) is 6.07 Å². The highest BCUT2D eigenvalue weighted by Gasteiger charge is 2.47. The van der Waals surface area contributed by atoms with Gasteiger partial charge in [0.15, 0.2) is 0 Å². The largest absolute Gasteiger partial charge is 0.481 e. The Morgan fingerprint density at radius 3 is 2.50 bits per heavy atom. The molecule has 1 aliphatic carbocycles. The highest BCUT2D eigenvalue weighted by molar-refractivity contribution is 6.30. The van der Waals surface area contributed by atoms with Crippen LogP contribution in [0.1, 0.15) is 62.1 Å². The first-order chi connectivity index (χ1) is 17.3. The molecule has 190 valence electrons. The first kappa shape index (κ1) is 26.5. The number of nitrogens with zero attached hydrogens (tertiary/aromatic N) is 2. The van der Waals surface area contributed by atoms with Gasteiger partial charge in [0.25, 0.3) is 0 Å². The topological polar surface area (TPSA) is 90.6 Å². The number of halogens is 2. The Labute approximate surface area is 221 Å². The summed E-state index contributed by atoms with van der Waals surface area (Å²) in [5.41, 5.74) is 1.46. The van der Waals surface area contributed by atoms with E-state index in [1.54, 1.807) is 18.2 Å². The Hall–Kier alpha value is -2.59. The summed E-state index contributed by atoms with van der Waals surface area (Å²) >= 11 is 12.5. The average Bonchev–Trinajstić information content (AvgIpc) is 3.64. The fourth-order valence-corrected chi connectivity index (χ4v) is 5.52. The molecular formula is C28H30Cl2N2O4. The van der Waals surface area contributed by atoms with E-state index in [-0.39, 0.29) is 36.9 Å². The zero-order valence-corrected chi connectivity index (χ0v) is 21.7. The minimum absolute atomic E-state index is 0.171. The normalized spacial score (nSPS) is 23.7. The molecule has 4 rings (SSSR count). The lowest BCUT2D eigenvalue weighted by Gasteiger charge is -2.48. The van der Waals surface area contributed by atoms with Crippen LogP contribution in [0.2, 0.25) is 10.0 Å². The second-order valence-electron chi connectivity index (χ2n) is 9.90. The van der Waals surface area contributed by atoms with Gasteiger partial charge in [-0.25, -0.2) is 0 Å². The van der Waals surface area contributed by atoms with E-state index in [4.69, 9.17) is 27.9 Å². The van der Waals surface area contributed by atoms with Crippen LogP contribution >= 0.6 is 23.2 Å². The Bertz CT molecular complexity index is 1140. The number of benzene rings is 2. The van der Waals surface area contributed by atoms with Crippen LogP contribution < -0.4 is 0 Å². The van der Waals surface area contributed by atoms with Crippen molar-refractivity contribution in [2.75, 3.05) is 13.2 Å². The molecule has 2 aliphatic rings. The van der Waals surface area contributed by atoms with Gasteiger partial charge < -0.3 is 14.7 Å². The maximum atomic E-state index is 13.9. The van der Waals surface area contributed by atoms with Crippen LogP contribution in [-0.4, -0.2) is 41.1 Å². The number of aliphatic carboxylic acids is 1. The highest BCUT2D eigenvalue weighted by Crippen LogP contribution is 2.48. The highest BCUT2D eigenvalue weighted by atomic mass is 35.5. The molecule has 1 unspecified atom stereocenters. The van der Waals surface area contributed by atoms with Crippen LogP contribution in [0.15, 0.2) is 48.5 Å². The molecule has 4 atom stereocenters. The van der Waals surface area contributed by atoms with Crippen molar-refractivity contribution in [1.82, 2.24) is 4.90 Å². The second-order valence-corrected chi connectivity index (χ2v) is 10.8. The van der Waals surface area contributed by atoms with Gasteiger partial charge in [-0.2, -0.15) is 5.26 Å². The number of hydrogen-bond acceptors (Lipinski definition) is 4. The summed E-state index contributed by atoms with van der Waals surface area (Å²) < 4.78 is 6.01. The van der Waals surface area contributed by atoms with Gasteiger partial charge in [0.05, 0.1) is 43.2 Å². The van der Waals surface area contributed by atoms with E-state index in [1.807, 2.05) is 42.2 Å². The Balaban J connectivity index is 1.74. The summed E-state index contributed by atoms with van der Waals surface area (Å²) in [7, 11) is 0. The summed E-state index contributed by atoms with van der Waals surface area (Å²) in [4.78, 5) is 27.4. The first-order valence-electron chi connectivity index (χ1n) is 12.3. The fraction of sp³-hybridized carbons (Fsp3) is 0.464. The molecule has 8 heteroatoms. The summed E-state index contributed by atoms with van der Waals surface area (Å²) in [6.45, 7) is 2.61. The molecule has 1 heterocycles. The molecule has 0 spiro atoms. The quantitative estimate of drug-likeness (QED) is 0.394. The number of nitriles is 1. The van der Waals surface area contributed by atoms with Crippen molar-refractivity contribution in [2.24, 2.45) is 11.3 Å². The predicted molar refractivity (Wildman–Crippen MR) is 138 cm³/mol. The zero-order chi connectivity index (χ0) is 25.9. The summed E-state index contributed by atoms with van der Waals surface area (Å²) in [5, 5.41) is 20.2. The predicted octanol–water partition coefficient (Wildman–Crippen LogP) is 6.24. The van der Waals surface area contributed by atoms with E-state index in [0.717, 1.165) is 24.0 Å². The fourth-order valence-electron chi connectivity index (χ4n) is 5.20. The van der Waals surface area contributed by atoms with Crippen molar-refractivity contribution in [3.8, 4) is 6.07 Å². The van der Waals surface area contributed by atoms with Crippen molar-refractivity contribution in [3.05, 3.63) is 69.7 Å². The van der Waals surface area contributed by atoms with Crippen LogP contribution in [-0.2, 0) is 14.3 Å². The van der Waals surface area contributed by atoms with Gasteiger partial charge in [-0.3, -0.25) is 9.59 Å². The molecule has 2 aromatic rings. The minimum atomic E-state index is -1.00. The van der Waals surface area contributed by atoms with Gasteiger partial charge in [0.2, 0.25) is 5.91 Å². The van der Waals surface area contributed by atoms with Crippen LogP contribution in [0.4, 0.5) is 0 Å². The maximum absolute atomic E-state index is 13.9. The standard InChI is InChI=1S/C28H30Cl2N2O4/c1-2-23(15-36-17-28(16-31)10-11-28)32-26(18-6-8-21(29)9-7-18)24(19-4-3-5-22(30)12-19)13-20(27(32)35)14-25(33)34/h3-9,12,20,23-24,26H,2,10-11,13-15,17H2,1H3,(H,33,34)/t20-,23+,24?,26-/m1/s1. The van der Waals surface area contributed by atoms with Crippen LogP contribution in [0.5, 0.6) is 0 Å². The monoisotopic (exact) mass is 528 g/mol. The third-order valence-electron chi connectivity index (χ3n) is 7.38. The molecule has 1 amide bonds. The zero-order valence-electron chi connectivity index (χ0n) is 20.2. The number of carbonyl (C=O) groups excluding carboxylic acids is 1. The number of carboxylic acids is 1. The molecule has 1 aliphatic heterocycles. The third kappa shape index (κ3) is 5.86. The second kappa shape index (κ2) is 11.2. The number of carboxylic acid groups (broad SMARTS) is 1. The molecule has 0 bridgehead atoms. The van der Waals surface area contributed by atoms with Crippen molar-refractivity contribution < 1.29 is 19.4 Å². The van der Waals surface area contributed by atoms with Crippen molar-refractivity contribution in [3.63, 3.8) is 0 Å². The lowest BCUT2D eigenvalue weighted by Crippen LogP contribution is -2.53. The van der Waals surface area contributed by atoms with Crippen LogP contribution in [0.25, 0.3) is 0 Å². The van der Waals surface area contributed by atoms with Gasteiger partial charge in [0, 0.05) is 21.9 Å². The first-order valence-corrected chi connectivity index (χ1v) is 13.1. The van der Waals surface area contributed by atoms with E-state index in [1.165, 1.54) is 0 Å². The summed E-state index contributed by atoms with van der Waals surface area (Å²) in [5.74, 6) is -2.03. The molecule has 0 radical (unpaired) electrons. The number of ether oxygens (including phenoxy) is 1. The van der Waals surface area contributed by atoms with Crippen molar-refractivity contribution >= 4 is 35.1 Å². The molecule has 36 heavy (non-hydrogen) atoms. The number of rotatable bonds is 10. The third-order valence-corrected chi connectivity index (χ3v) is 7.86. The molecule has 0 aromatic heterocycles. The number of hydrogen-bond donors (Lipinski definition) is 1. The van der Waals surface area contributed by atoms with Gasteiger partial charge in [-0.1, -0.05) is 54.4 Å². The minimum Gasteiger partial charge on any atom is -0.481 e. The van der Waals surface area contributed by atoms with Gasteiger partial charge in [-0.15, -0.1) is 0 Å². The Kier molecular flexibility index (Phi) is 8.24. The molecule has 1 N–H and O–H groups in total. The SMILES string of the molecule is CC[C@@H](COCC1(C#N)CC1)N1C(=O)[C@@H](CC(=O)O)CC(c2cccc(Cl)c2)[C@H]1c1ccc(Cl)cc1. The van der Waals surface area contributed by atoms with Gasteiger partial charge in [-0.05, 0) is 61.1 Å². The lowest BCUT2D eigenvalue weighted by molar-refractivity contribution is -0.154. The maximum Gasteiger partial charge on any atom is 0.304 e.